The summed E-state index contributed by atoms with van der Waals surface area (Å²) in [4.78, 5) is 106. The topological polar surface area (TPSA) is 281 Å². The van der Waals surface area contributed by atoms with Crippen LogP contribution in [0.2, 0.25) is 0 Å². The predicted octanol–water partition coefficient (Wildman–Crippen LogP) is 8.28. The van der Waals surface area contributed by atoms with Crippen LogP contribution < -0.4 is 16.0 Å². The van der Waals surface area contributed by atoms with Gasteiger partial charge in [-0.1, -0.05) is 136 Å². The summed E-state index contributed by atoms with van der Waals surface area (Å²) >= 11 is 0. The molecule has 6 atom stereocenters. The van der Waals surface area contributed by atoms with Crippen LogP contribution >= 0.6 is 0 Å². The molecule has 0 heterocycles. The maximum Gasteiger partial charge on any atom is 0.506 e. The van der Waals surface area contributed by atoms with E-state index in [1.807, 2.05) is 32.0 Å². The third-order valence-electron chi connectivity index (χ3n) is 9.92. The summed E-state index contributed by atoms with van der Waals surface area (Å²) in [7, 11) is 2.68. The second-order valence-corrected chi connectivity index (χ2v) is 18.1. The number of aryl methyl sites for hydroxylation is 1. The number of carbonyl (C=O) groups is 8. The van der Waals surface area contributed by atoms with Gasteiger partial charge in [0.25, 0.3) is 11.6 Å². The van der Waals surface area contributed by atoms with Gasteiger partial charge in [0.1, 0.15) is 24.2 Å². The average molecular weight is 1050 g/mol. The maximum atomic E-state index is 12.6. The molecule has 0 aliphatic heterocycles. The molecule has 420 valence electrons. The van der Waals surface area contributed by atoms with Gasteiger partial charge in [-0.05, 0) is 77.9 Å². The molecular weight excluding hydrogens is 957 g/mol. The lowest BCUT2D eigenvalue weighted by Crippen LogP contribution is -2.55. The van der Waals surface area contributed by atoms with Crippen LogP contribution in [0.25, 0.3) is 0 Å². The van der Waals surface area contributed by atoms with Crippen LogP contribution in [0.3, 0.4) is 0 Å². The van der Waals surface area contributed by atoms with E-state index in [0.29, 0.717) is 6.42 Å². The number of carboxylic acid groups (broad SMARTS) is 2. The number of nitrogens with zero attached hydrogens (tertiary/aromatic N) is 3. The summed E-state index contributed by atoms with van der Waals surface area (Å²) in [5, 5.41) is 34.7. The largest absolute Gasteiger partial charge is 0.506 e. The van der Waals surface area contributed by atoms with Crippen LogP contribution in [-0.4, -0.2) is 131 Å². The Hall–Kier alpha value is -6.86. The van der Waals surface area contributed by atoms with Gasteiger partial charge >= 0.3 is 18.1 Å². The molecule has 5 amide bonds. The van der Waals surface area contributed by atoms with Crippen molar-refractivity contribution in [3.05, 3.63) is 93.7 Å². The number of nitro groups is 1. The normalized spacial score (nSPS) is 14.1. The van der Waals surface area contributed by atoms with E-state index in [9.17, 15) is 48.5 Å². The van der Waals surface area contributed by atoms with Gasteiger partial charge in [-0.15, -0.1) is 0 Å². The third-order valence-corrected chi connectivity index (χ3v) is 9.92. The van der Waals surface area contributed by atoms with E-state index < -0.39 is 96.5 Å². The first-order chi connectivity index (χ1) is 34.4. The summed E-state index contributed by atoms with van der Waals surface area (Å²) in [5.41, 5.74) is 2.93. The molecular formula is C54H90N6O14. The average Bonchev–Trinajstić information content (AvgIpc) is 3.32. The number of carboxylic acids is 1. The first-order valence-corrected chi connectivity index (χ1v) is 24.9. The van der Waals surface area contributed by atoms with Crippen molar-refractivity contribution < 1.29 is 63.0 Å². The van der Waals surface area contributed by atoms with Gasteiger partial charge in [0.15, 0.2) is 6.61 Å². The van der Waals surface area contributed by atoms with Crippen LogP contribution in [-0.2, 0) is 43.0 Å². The molecule has 1 aliphatic rings. The molecule has 0 aromatic heterocycles. The first kappa shape index (κ1) is 73.7. The van der Waals surface area contributed by atoms with E-state index in [4.69, 9.17) is 14.9 Å². The van der Waals surface area contributed by atoms with E-state index >= 15 is 0 Å². The highest BCUT2D eigenvalue weighted by Gasteiger charge is 2.29. The van der Waals surface area contributed by atoms with E-state index in [1.54, 1.807) is 13.8 Å². The molecule has 1 aromatic carbocycles. The Labute approximate surface area is 440 Å². The number of benzene rings is 1. The Morgan fingerprint density at radius 2 is 1.42 bits per heavy atom. The molecule has 2 rings (SSSR count). The Morgan fingerprint density at radius 1 is 0.865 bits per heavy atom. The number of carbonyl (C=O) groups excluding carboxylic acids is 6. The zero-order chi connectivity index (χ0) is 58.3. The molecule has 20 nitrogen and oxygen atoms in total. The van der Waals surface area contributed by atoms with Crippen molar-refractivity contribution in [1.82, 2.24) is 25.8 Å². The van der Waals surface area contributed by atoms with Crippen molar-refractivity contribution in [3.63, 3.8) is 0 Å². The zero-order valence-electron chi connectivity index (χ0n) is 47.2. The van der Waals surface area contributed by atoms with Gasteiger partial charge in [0, 0.05) is 32.2 Å². The molecule has 0 saturated carbocycles. The van der Waals surface area contributed by atoms with Gasteiger partial charge in [0.2, 0.25) is 23.6 Å². The molecule has 20 heteroatoms. The number of hydrogen-bond acceptors (Lipinski definition) is 12. The minimum Gasteiger partial charge on any atom is -0.480 e. The lowest BCUT2D eigenvalue weighted by Gasteiger charge is -2.27. The fraction of sp³-hybridized carbons (Fsp3) is 0.593. The number of likely N-dealkylation sites (N-methyl/N-ethyl adjacent to an activating group) is 2. The molecule has 0 radical (unpaired) electrons. The summed E-state index contributed by atoms with van der Waals surface area (Å²) < 4.78 is 9.09. The fourth-order valence-electron chi connectivity index (χ4n) is 5.66. The lowest BCUT2D eigenvalue weighted by molar-refractivity contribution is -0.419. The highest BCUT2D eigenvalue weighted by Crippen LogP contribution is 2.16. The van der Waals surface area contributed by atoms with Crippen LogP contribution in [0.5, 0.6) is 0 Å². The lowest BCUT2D eigenvalue weighted by atomic mass is 9.98. The Bertz CT molecular complexity index is 1980. The minimum absolute atomic E-state index is 0.0368. The molecule has 0 fully saturated rings. The van der Waals surface area contributed by atoms with E-state index in [2.05, 4.69) is 101 Å². The standard InChI is InChI=1S/C24H39N5O9.C10H20.C7H7NO5.C7H8.C4H10.C2H6/c1-9-14(4)20(21(33)26-16(6)23(35)36)27-17(30)10-28(7)19(32)11-29(8)22(34)15(5)25-18(31)12-38-24(37)13(2)3;1-5-7-10(4)8-9(3)6-2;9-7(10)13-6-3-1-5(2-4-6)8(11)12;1-7-5-3-2-4-6-7;1-4(2)3;1-2/h14-16,20H,2,9-12H2,1,3-8H3,(H,25,31)(H,26,33)(H,27,30)(H,35,36);6,10H,5,7-8H2,1-4H3;1-3,6H,4H2,(H,9,10);2-6H,1H3;4H,1-3H3;1-2H3/b;9-6+;;;;/t14?,15?,16-,20?;;;;;/m1...../s1. The SMILES string of the molecule is C/C=C(\C)CC(C)CCC.C=C(C)C(=O)OCC(=O)NC(C)C(=O)N(C)CC(=O)N(C)CC(=O)NC(C(=O)N[C@H](C)C(=O)O)C(C)CC.CC.CC(C)C.Cc1ccccc1.O=C(O)OC1C=CC([N+](=O)[O-])=CC1. The van der Waals surface area contributed by atoms with E-state index in [0.717, 1.165) is 21.6 Å². The first-order valence-electron chi connectivity index (χ1n) is 24.9. The quantitative estimate of drug-likeness (QED) is 0.0255. The minimum atomic E-state index is -1.38. The summed E-state index contributed by atoms with van der Waals surface area (Å²) in [5.74, 6) is -3.80. The van der Waals surface area contributed by atoms with Crippen LogP contribution in [0.1, 0.15) is 135 Å². The number of ether oxygens (including phenoxy) is 2. The molecule has 5 unspecified atom stereocenters. The highest BCUT2D eigenvalue weighted by molar-refractivity contribution is 5.94. The van der Waals surface area contributed by atoms with Crippen molar-refractivity contribution in [2.45, 2.75) is 160 Å². The summed E-state index contributed by atoms with van der Waals surface area (Å²) in [6.45, 7) is 31.1. The van der Waals surface area contributed by atoms with Crippen molar-refractivity contribution in [1.29, 1.82) is 0 Å². The molecule has 0 saturated heterocycles. The van der Waals surface area contributed by atoms with Gasteiger partial charge in [0.05, 0.1) is 18.0 Å². The number of amides is 5. The zero-order valence-corrected chi connectivity index (χ0v) is 47.2. The number of rotatable bonds is 21. The number of aliphatic carboxylic acids is 1. The van der Waals surface area contributed by atoms with Crippen LogP contribution in [0, 0.1) is 34.8 Å². The third kappa shape index (κ3) is 38.8. The molecule has 1 aliphatic carbocycles. The second kappa shape index (κ2) is 42.6. The smallest absolute Gasteiger partial charge is 0.480 e. The predicted molar refractivity (Wildman–Crippen MR) is 288 cm³/mol. The second-order valence-electron chi connectivity index (χ2n) is 18.1. The Kier molecular flexibility index (Phi) is 42.4. The highest BCUT2D eigenvalue weighted by atomic mass is 16.7. The Morgan fingerprint density at radius 3 is 1.82 bits per heavy atom. The molecule has 0 spiro atoms. The van der Waals surface area contributed by atoms with Crippen molar-refractivity contribution in [2.75, 3.05) is 33.8 Å². The van der Waals surface area contributed by atoms with Crippen molar-refractivity contribution in [2.24, 2.45) is 17.8 Å². The van der Waals surface area contributed by atoms with E-state index in [-0.39, 0.29) is 23.6 Å². The van der Waals surface area contributed by atoms with E-state index in [1.165, 1.54) is 83.5 Å². The number of esters is 1. The molecule has 74 heavy (non-hydrogen) atoms. The number of nitrogens with one attached hydrogen (secondary N) is 3. The van der Waals surface area contributed by atoms with Gasteiger partial charge < -0.3 is 45.4 Å². The number of allylic oxidation sites excluding steroid dienone is 3. The van der Waals surface area contributed by atoms with Crippen LogP contribution in [0.15, 0.2) is 78.1 Å². The van der Waals surface area contributed by atoms with Crippen molar-refractivity contribution >= 4 is 47.6 Å². The van der Waals surface area contributed by atoms with Crippen LogP contribution in [0.4, 0.5) is 4.79 Å². The van der Waals surface area contributed by atoms with Gasteiger partial charge in [-0.3, -0.25) is 38.9 Å². The van der Waals surface area contributed by atoms with Gasteiger partial charge in [-0.2, -0.15) is 0 Å². The summed E-state index contributed by atoms with van der Waals surface area (Å²) in [6, 6.07) is 7.07. The number of hydrogen-bond donors (Lipinski definition) is 5. The molecule has 1 aromatic rings. The summed E-state index contributed by atoms with van der Waals surface area (Å²) in [6.07, 6.45) is 8.83. The fourth-order valence-corrected chi connectivity index (χ4v) is 5.66. The molecule has 5 N–H and O–H groups in total. The van der Waals surface area contributed by atoms with Crippen molar-refractivity contribution in [3.8, 4) is 0 Å². The van der Waals surface area contributed by atoms with Gasteiger partial charge in [-0.25, -0.2) is 9.59 Å². The molecule has 0 bridgehead atoms. The monoisotopic (exact) mass is 1050 g/mol. The maximum absolute atomic E-state index is 12.6. The Balaban J connectivity index is -0.000000540.